The minimum Gasteiger partial charge on any atom is -0.395 e. The molecule has 0 saturated carbocycles. The van der Waals surface area contributed by atoms with E-state index in [0.717, 1.165) is 15.9 Å². The third-order valence-corrected chi connectivity index (χ3v) is 3.97. The van der Waals surface area contributed by atoms with Gasteiger partial charge in [0.2, 0.25) is 0 Å². The van der Waals surface area contributed by atoms with Crippen LogP contribution in [0.5, 0.6) is 0 Å². The van der Waals surface area contributed by atoms with Gasteiger partial charge >= 0.3 is 0 Å². The molecule has 1 heterocycles. The number of para-hydroxylation sites is 1. The Labute approximate surface area is 104 Å². The third kappa shape index (κ3) is 2.74. The van der Waals surface area contributed by atoms with E-state index in [1.807, 2.05) is 31.2 Å². The summed E-state index contributed by atoms with van der Waals surface area (Å²) in [6.07, 6.45) is 1.54. The second kappa shape index (κ2) is 5.44. The quantitative estimate of drug-likeness (QED) is 0.633. The van der Waals surface area contributed by atoms with Crippen molar-refractivity contribution >= 4 is 22.7 Å². The maximum atomic E-state index is 9.29. The first-order valence-electron chi connectivity index (χ1n) is 5.45. The van der Waals surface area contributed by atoms with Crippen LogP contribution in [-0.4, -0.2) is 33.0 Å². The normalized spacial score (nSPS) is 14.8. The number of nitrogens with two attached hydrogens (primary N) is 1. The van der Waals surface area contributed by atoms with Crippen LogP contribution in [0.2, 0.25) is 0 Å². The van der Waals surface area contributed by atoms with Crippen molar-refractivity contribution in [3.05, 3.63) is 30.6 Å². The van der Waals surface area contributed by atoms with E-state index >= 15 is 0 Å². The lowest BCUT2D eigenvalue weighted by Gasteiger charge is -2.17. The first-order valence-corrected chi connectivity index (χ1v) is 6.33. The van der Waals surface area contributed by atoms with E-state index in [2.05, 4.69) is 9.97 Å². The number of aliphatic hydroxyl groups excluding tert-OH is 1. The Kier molecular flexibility index (Phi) is 3.93. The highest BCUT2D eigenvalue weighted by molar-refractivity contribution is 8.00. The SMILES string of the molecule is CC(N)C(CO)Sc1ncnc2ccccc12. The lowest BCUT2D eigenvalue weighted by atomic mass is 10.2. The van der Waals surface area contributed by atoms with Gasteiger partial charge in [0.1, 0.15) is 11.4 Å². The van der Waals surface area contributed by atoms with Crippen LogP contribution in [0, 0.1) is 0 Å². The van der Waals surface area contributed by atoms with Crippen LogP contribution in [0.4, 0.5) is 0 Å². The lowest BCUT2D eigenvalue weighted by Crippen LogP contribution is -2.31. The van der Waals surface area contributed by atoms with Crippen molar-refractivity contribution in [2.75, 3.05) is 6.61 Å². The zero-order valence-corrected chi connectivity index (χ0v) is 10.4. The van der Waals surface area contributed by atoms with Crippen molar-refractivity contribution in [1.29, 1.82) is 0 Å². The molecule has 2 unspecified atom stereocenters. The van der Waals surface area contributed by atoms with Gasteiger partial charge < -0.3 is 10.8 Å². The smallest absolute Gasteiger partial charge is 0.117 e. The van der Waals surface area contributed by atoms with Gasteiger partial charge in [0.25, 0.3) is 0 Å². The molecule has 2 rings (SSSR count). The van der Waals surface area contributed by atoms with Crippen LogP contribution in [-0.2, 0) is 0 Å². The number of hydrogen-bond donors (Lipinski definition) is 2. The predicted molar refractivity (Wildman–Crippen MR) is 69.9 cm³/mol. The topological polar surface area (TPSA) is 72.0 Å². The van der Waals surface area contributed by atoms with Crippen molar-refractivity contribution in [3.8, 4) is 0 Å². The second-order valence-electron chi connectivity index (χ2n) is 3.89. The van der Waals surface area contributed by atoms with Crippen molar-refractivity contribution in [2.24, 2.45) is 5.73 Å². The Bertz CT molecular complexity index is 499. The Morgan fingerprint density at radius 1 is 1.35 bits per heavy atom. The molecule has 0 amide bonds. The Balaban J connectivity index is 2.35. The van der Waals surface area contributed by atoms with Gasteiger partial charge in [-0.3, -0.25) is 0 Å². The van der Waals surface area contributed by atoms with E-state index in [0.29, 0.717) is 0 Å². The second-order valence-corrected chi connectivity index (χ2v) is 5.12. The maximum Gasteiger partial charge on any atom is 0.117 e. The Hall–Kier alpha value is -1.17. The monoisotopic (exact) mass is 249 g/mol. The van der Waals surface area contributed by atoms with Gasteiger partial charge in [0.05, 0.1) is 12.1 Å². The first kappa shape index (κ1) is 12.3. The van der Waals surface area contributed by atoms with Crippen LogP contribution < -0.4 is 5.73 Å². The molecule has 0 aliphatic rings. The van der Waals surface area contributed by atoms with E-state index in [1.54, 1.807) is 6.33 Å². The summed E-state index contributed by atoms with van der Waals surface area (Å²) in [5.74, 6) is 0. The molecule has 0 aliphatic carbocycles. The largest absolute Gasteiger partial charge is 0.395 e. The number of hydrogen-bond acceptors (Lipinski definition) is 5. The molecule has 0 bridgehead atoms. The molecule has 2 atom stereocenters. The average Bonchev–Trinajstić information content (AvgIpc) is 2.35. The fourth-order valence-electron chi connectivity index (χ4n) is 1.53. The molecule has 3 N–H and O–H groups in total. The summed E-state index contributed by atoms with van der Waals surface area (Å²) in [5, 5.41) is 11.1. The zero-order chi connectivity index (χ0) is 12.3. The molecule has 2 aromatic rings. The number of aromatic nitrogens is 2. The minimum atomic E-state index is -0.0845. The average molecular weight is 249 g/mol. The van der Waals surface area contributed by atoms with E-state index in [4.69, 9.17) is 5.73 Å². The van der Waals surface area contributed by atoms with Gasteiger partial charge in [-0.15, -0.1) is 0 Å². The van der Waals surface area contributed by atoms with Gasteiger partial charge in [-0.25, -0.2) is 9.97 Å². The molecule has 5 heteroatoms. The zero-order valence-electron chi connectivity index (χ0n) is 9.58. The number of thioether (sulfide) groups is 1. The van der Waals surface area contributed by atoms with E-state index in [9.17, 15) is 5.11 Å². The van der Waals surface area contributed by atoms with Crippen LogP contribution in [0.25, 0.3) is 10.9 Å². The summed E-state index contributed by atoms with van der Waals surface area (Å²) >= 11 is 1.50. The summed E-state index contributed by atoms with van der Waals surface area (Å²) in [7, 11) is 0. The van der Waals surface area contributed by atoms with Gasteiger partial charge in [0, 0.05) is 16.7 Å². The molecule has 0 radical (unpaired) electrons. The van der Waals surface area contributed by atoms with Crippen molar-refractivity contribution in [1.82, 2.24) is 9.97 Å². The standard InChI is InChI=1S/C12H15N3OS/c1-8(13)11(6-16)17-12-9-4-2-3-5-10(9)14-7-15-12/h2-5,7-8,11,16H,6,13H2,1H3. The number of nitrogens with zero attached hydrogens (tertiary/aromatic N) is 2. The molecule has 1 aromatic carbocycles. The van der Waals surface area contributed by atoms with Gasteiger partial charge in [-0.05, 0) is 13.0 Å². The molecule has 17 heavy (non-hydrogen) atoms. The van der Waals surface area contributed by atoms with Crippen LogP contribution in [0.1, 0.15) is 6.92 Å². The molecule has 0 fully saturated rings. The van der Waals surface area contributed by atoms with Crippen molar-refractivity contribution in [3.63, 3.8) is 0 Å². The molecule has 90 valence electrons. The van der Waals surface area contributed by atoms with Crippen molar-refractivity contribution in [2.45, 2.75) is 23.2 Å². The maximum absolute atomic E-state index is 9.29. The minimum absolute atomic E-state index is 0.0423. The Morgan fingerprint density at radius 2 is 2.12 bits per heavy atom. The Morgan fingerprint density at radius 3 is 2.82 bits per heavy atom. The van der Waals surface area contributed by atoms with Crippen LogP contribution >= 0.6 is 11.8 Å². The van der Waals surface area contributed by atoms with Crippen LogP contribution in [0.15, 0.2) is 35.6 Å². The fraction of sp³-hybridized carbons (Fsp3) is 0.333. The molecule has 1 aromatic heterocycles. The highest BCUT2D eigenvalue weighted by atomic mass is 32.2. The molecule has 0 aliphatic heterocycles. The summed E-state index contributed by atoms with van der Waals surface area (Å²) < 4.78 is 0. The summed E-state index contributed by atoms with van der Waals surface area (Å²) in [5.41, 5.74) is 6.72. The highest BCUT2D eigenvalue weighted by Crippen LogP contribution is 2.28. The first-order chi connectivity index (χ1) is 8.22. The number of rotatable bonds is 4. The molecule has 0 saturated heterocycles. The number of benzene rings is 1. The molecule has 4 nitrogen and oxygen atoms in total. The van der Waals surface area contributed by atoms with E-state index < -0.39 is 0 Å². The van der Waals surface area contributed by atoms with Crippen LogP contribution in [0.3, 0.4) is 0 Å². The number of fused-ring (bicyclic) bond motifs is 1. The third-order valence-electron chi connectivity index (χ3n) is 2.54. The summed E-state index contributed by atoms with van der Waals surface area (Å²) in [6, 6.07) is 7.74. The van der Waals surface area contributed by atoms with E-state index in [-0.39, 0.29) is 17.9 Å². The summed E-state index contributed by atoms with van der Waals surface area (Å²) in [6.45, 7) is 1.93. The molecular weight excluding hydrogens is 234 g/mol. The van der Waals surface area contributed by atoms with Gasteiger partial charge in [-0.1, -0.05) is 30.0 Å². The van der Waals surface area contributed by atoms with Crippen molar-refractivity contribution < 1.29 is 5.11 Å². The molecular formula is C12H15N3OS. The summed E-state index contributed by atoms with van der Waals surface area (Å²) in [4.78, 5) is 8.46. The fourth-order valence-corrected chi connectivity index (χ4v) is 2.51. The van der Waals surface area contributed by atoms with Gasteiger partial charge in [0.15, 0.2) is 0 Å². The van der Waals surface area contributed by atoms with E-state index in [1.165, 1.54) is 11.8 Å². The lowest BCUT2D eigenvalue weighted by molar-refractivity contribution is 0.285. The highest BCUT2D eigenvalue weighted by Gasteiger charge is 2.16. The predicted octanol–water partition coefficient (Wildman–Crippen LogP) is 1.43. The van der Waals surface area contributed by atoms with Gasteiger partial charge in [-0.2, -0.15) is 0 Å². The number of aliphatic hydroxyl groups is 1. The molecule has 0 spiro atoms.